The molecule has 1 atom stereocenters. The van der Waals surface area contributed by atoms with Crippen molar-refractivity contribution in [2.24, 2.45) is 0 Å². The average molecular weight is 427 g/mol. The molecule has 2 aromatic carbocycles. The number of anilines is 1. The third-order valence-corrected chi connectivity index (χ3v) is 5.53. The summed E-state index contributed by atoms with van der Waals surface area (Å²) in [6.45, 7) is 1.49. The largest absolute Gasteiger partial charge is 0.449 e. The Hall–Kier alpha value is -2.99. The molecule has 0 saturated carbocycles. The number of rotatable bonds is 4. The van der Waals surface area contributed by atoms with Gasteiger partial charge in [-0.25, -0.2) is 9.18 Å². The summed E-state index contributed by atoms with van der Waals surface area (Å²) in [7, 11) is 0. The molecular formula is C23H20ClFN2O3. The second-order valence-electron chi connectivity index (χ2n) is 7.30. The normalized spacial score (nSPS) is 14.1. The number of carbonyl (C=O) groups is 2. The van der Waals surface area contributed by atoms with Crippen LogP contribution < -0.4 is 5.32 Å². The number of ether oxygens (including phenoxy) is 1. The highest BCUT2D eigenvalue weighted by Crippen LogP contribution is 2.30. The van der Waals surface area contributed by atoms with Crippen LogP contribution in [0.15, 0.2) is 42.5 Å². The number of nitrogens with zero attached hydrogens (tertiary/aromatic N) is 1. The van der Waals surface area contributed by atoms with Gasteiger partial charge in [0.15, 0.2) is 6.10 Å². The Kier molecular flexibility index (Phi) is 5.68. The molecule has 4 rings (SSSR count). The van der Waals surface area contributed by atoms with Crippen LogP contribution in [0, 0.1) is 5.82 Å². The first-order valence-corrected chi connectivity index (χ1v) is 10.2. The minimum absolute atomic E-state index is 0.0658. The SMILES string of the molecule is CC(OC(=O)c1c2c(nc3ccccc13)CCCC2)C(=O)Nc1ccc(F)cc1Cl. The van der Waals surface area contributed by atoms with Gasteiger partial charge in [-0.05, 0) is 62.4 Å². The van der Waals surface area contributed by atoms with Crippen LogP contribution >= 0.6 is 11.6 Å². The average Bonchev–Trinajstić information content (AvgIpc) is 2.73. The fourth-order valence-corrected chi connectivity index (χ4v) is 3.92. The summed E-state index contributed by atoms with van der Waals surface area (Å²) in [6, 6.07) is 11.1. The fraction of sp³-hybridized carbons (Fsp3) is 0.261. The minimum Gasteiger partial charge on any atom is -0.449 e. The Morgan fingerprint density at radius 3 is 2.73 bits per heavy atom. The van der Waals surface area contributed by atoms with Gasteiger partial charge in [-0.2, -0.15) is 0 Å². The van der Waals surface area contributed by atoms with E-state index < -0.39 is 23.8 Å². The van der Waals surface area contributed by atoms with Crippen LogP contribution in [0.2, 0.25) is 5.02 Å². The molecule has 30 heavy (non-hydrogen) atoms. The molecule has 1 heterocycles. The van der Waals surface area contributed by atoms with Gasteiger partial charge in [0.2, 0.25) is 0 Å². The number of para-hydroxylation sites is 1. The number of benzene rings is 2. The summed E-state index contributed by atoms with van der Waals surface area (Å²) >= 11 is 5.96. The van der Waals surface area contributed by atoms with Crippen LogP contribution in [-0.2, 0) is 22.4 Å². The summed E-state index contributed by atoms with van der Waals surface area (Å²) < 4.78 is 18.7. The molecule has 5 nitrogen and oxygen atoms in total. The highest BCUT2D eigenvalue weighted by Gasteiger charge is 2.26. The monoisotopic (exact) mass is 426 g/mol. The maximum absolute atomic E-state index is 13.2. The summed E-state index contributed by atoms with van der Waals surface area (Å²) in [6.07, 6.45) is 2.52. The number of fused-ring (bicyclic) bond motifs is 2. The Morgan fingerprint density at radius 2 is 1.93 bits per heavy atom. The van der Waals surface area contributed by atoms with Crippen molar-refractivity contribution in [3.63, 3.8) is 0 Å². The molecule has 0 fully saturated rings. The lowest BCUT2D eigenvalue weighted by molar-refractivity contribution is -0.123. The first-order valence-electron chi connectivity index (χ1n) is 9.81. The van der Waals surface area contributed by atoms with E-state index in [0.29, 0.717) is 5.56 Å². The van der Waals surface area contributed by atoms with E-state index in [1.54, 1.807) is 0 Å². The molecule has 0 radical (unpaired) electrons. The molecule has 1 aromatic heterocycles. The van der Waals surface area contributed by atoms with Crippen LogP contribution in [-0.4, -0.2) is 23.0 Å². The van der Waals surface area contributed by atoms with Crippen molar-refractivity contribution in [3.8, 4) is 0 Å². The number of aromatic nitrogens is 1. The van der Waals surface area contributed by atoms with Gasteiger partial charge >= 0.3 is 5.97 Å². The lowest BCUT2D eigenvalue weighted by atomic mass is 9.90. The third-order valence-electron chi connectivity index (χ3n) is 5.22. The molecule has 1 N–H and O–H groups in total. The van der Waals surface area contributed by atoms with E-state index in [1.165, 1.54) is 19.1 Å². The molecule has 1 aliphatic carbocycles. The van der Waals surface area contributed by atoms with Gasteiger partial charge in [0.1, 0.15) is 5.82 Å². The van der Waals surface area contributed by atoms with E-state index in [9.17, 15) is 14.0 Å². The van der Waals surface area contributed by atoms with Crippen molar-refractivity contribution in [1.29, 1.82) is 0 Å². The van der Waals surface area contributed by atoms with E-state index in [4.69, 9.17) is 21.3 Å². The zero-order valence-electron chi connectivity index (χ0n) is 16.4. The van der Waals surface area contributed by atoms with Crippen LogP contribution in [0.25, 0.3) is 10.9 Å². The molecule has 1 amide bonds. The number of carbonyl (C=O) groups excluding carboxylic acids is 2. The van der Waals surface area contributed by atoms with Gasteiger partial charge in [-0.3, -0.25) is 9.78 Å². The van der Waals surface area contributed by atoms with Gasteiger partial charge in [0, 0.05) is 11.1 Å². The van der Waals surface area contributed by atoms with E-state index in [-0.39, 0.29) is 10.7 Å². The second kappa shape index (κ2) is 8.40. The number of halogens is 2. The highest BCUT2D eigenvalue weighted by molar-refractivity contribution is 6.33. The van der Waals surface area contributed by atoms with Crippen molar-refractivity contribution < 1.29 is 18.7 Å². The molecule has 0 saturated heterocycles. The van der Waals surface area contributed by atoms with Crippen molar-refractivity contribution in [3.05, 3.63) is 70.1 Å². The predicted octanol–water partition coefficient (Wildman–Crippen LogP) is 5.09. The number of aryl methyl sites for hydroxylation is 1. The zero-order chi connectivity index (χ0) is 21.3. The maximum atomic E-state index is 13.2. The first kappa shape index (κ1) is 20.3. The number of hydrogen-bond acceptors (Lipinski definition) is 4. The van der Waals surface area contributed by atoms with Crippen LogP contribution in [0.5, 0.6) is 0 Å². The Labute approximate surface area is 178 Å². The molecule has 1 aliphatic rings. The molecular weight excluding hydrogens is 407 g/mol. The smallest absolute Gasteiger partial charge is 0.339 e. The molecule has 7 heteroatoms. The van der Waals surface area contributed by atoms with Gasteiger partial charge in [0.25, 0.3) is 5.91 Å². The van der Waals surface area contributed by atoms with Crippen LogP contribution in [0.1, 0.15) is 41.4 Å². The van der Waals surface area contributed by atoms with Gasteiger partial charge in [-0.15, -0.1) is 0 Å². The number of esters is 1. The number of nitrogens with one attached hydrogen (secondary N) is 1. The number of hydrogen-bond donors (Lipinski definition) is 1. The molecule has 154 valence electrons. The maximum Gasteiger partial charge on any atom is 0.339 e. The van der Waals surface area contributed by atoms with Crippen molar-refractivity contribution in [1.82, 2.24) is 4.98 Å². The van der Waals surface area contributed by atoms with Crippen molar-refractivity contribution >= 4 is 40.1 Å². The van der Waals surface area contributed by atoms with E-state index >= 15 is 0 Å². The standard InChI is InChI=1S/C23H20ClFN2O3/c1-13(22(28)27-20-11-10-14(25)12-17(20)24)30-23(29)21-15-6-2-4-8-18(15)26-19-9-5-3-7-16(19)21/h2,4,6,8,10-13H,3,5,7,9H2,1H3,(H,27,28). The summed E-state index contributed by atoms with van der Waals surface area (Å²) in [5, 5.41) is 3.35. The molecule has 3 aromatic rings. The summed E-state index contributed by atoms with van der Waals surface area (Å²) in [5.74, 6) is -1.62. The lowest BCUT2D eigenvalue weighted by Crippen LogP contribution is -2.30. The minimum atomic E-state index is -1.07. The zero-order valence-corrected chi connectivity index (χ0v) is 17.1. The second-order valence-corrected chi connectivity index (χ2v) is 7.70. The fourth-order valence-electron chi connectivity index (χ4n) is 3.70. The van der Waals surface area contributed by atoms with Crippen molar-refractivity contribution in [2.45, 2.75) is 38.7 Å². The summed E-state index contributed by atoms with van der Waals surface area (Å²) in [4.78, 5) is 30.3. The van der Waals surface area contributed by atoms with Gasteiger partial charge in [-0.1, -0.05) is 29.8 Å². The first-order chi connectivity index (χ1) is 14.4. The number of amides is 1. The quantitative estimate of drug-likeness (QED) is 0.590. The summed E-state index contributed by atoms with van der Waals surface area (Å²) in [5.41, 5.74) is 3.29. The Bertz CT molecular complexity index is 1150. The van der Waals surface area contributed by atoms with Gasteiger partial charge < -0.3 is 10.1 Å². The lowest BCUT2D eigenvalue weighted by Gasteiger charge is -2.21. The van der Waals surface area contributed by atoms with Crippen molar-refractivity contribution in [2.75, 3.05) is 5.32 Å². The van der Waals surface area contributed by atoms with E-state index in [2.05, 4.69) is 5.32 Å². The highest BCUT2D eigenvalue weighted by atomic mass is 35.5. The van der Waals surface area contributed by atoms with E-state index in [0.717, 1.165) is 53.9 Å². The Balaban J connectivity index is 1.59. The third kappa shape index (κ3) is 4.00. The Morgan fingerprint density at radius 1 is 1.17 bits per heavy atom. The molecule has 0 aliphatic heterocycles. The predicted molar refractivity (Wildman–Crippen MR) is 113 cm³/mol. The van der Waals surface area contributed by atoms with Crippen LogP contribution in [0.3, 0.4) is 0 Å². The van der Waals surface area contributed by atoms with E-state index in [1.807, 2.05) is 24.3 Å². The molecule has 0 bridgehead atoms. The topological polar surface area (TPSA) is 68.3 Å². The molecule has 1 unspecified atom stereocenters. The van der Waals surface area contributed by atoms with Crippen LogP contribution in [0.4, 0.5) is 10.1 Å². The van der Waals surface area contributed by atoms with Gasteiger partial charge in [0.05, 0.1) is 21.8 Å². The molecule has 0 spiro atoms. The number of pyridine rings is 1.